The second-order valence-corrected chi connectivity index (χ2v) is 5.96. The highest BCUT2D eigenvalue weighted by atomic mass is 16.5. The second-order valence-electron chi connectivity index (χ2n) is 5.96. The van der Waals surface area contributed by atoms with E-state index >= 15 is 0 Å². The third-order valence-corrected chi connectivity index (χ3v) is 3.78. The third kappa shape index (κ3) is 7.72. The highest BCUT2D eigenvalue weighted by molar-refractivity contribution is 6.04. The van der Waals surface area contributed by atoms with Crippen LogP contribution < -0.4 is 15.4 Å². The monoisotopic (exact) mass is 394 g/mol. The quantitative estimate of drug-likeness (QED) is 0.567. The smallest absolute Gasteiger partial charge is 0.305 e. The fraction of sp³-hybridized carbons (Fsp3) is 0.136. The second kappa shape index (κ2) is 11.1. The van der Waals surface area contributed by atoms with Crippen molar-refractivity contribution in [2.75, 3.05) is 13.7 Å². The van der Waals surface area contributed by atoms with E-state index in [4.69, 9.17) is 9.84 Å². The fourth-order valence-electron chi connectivity index (χ4n) is 2.31. The summed E-state index contributed by atoms with van der Waals surface area (Å²) in [5.74, 6) is -1.43. The predicted molar refractivity (Wildman–Crippen MR) is 110 cm³/mol. The van der Waals surface area contributed by atoms with Gasteiger partial charge in [-0.25, -0.2) is 0 Å². The minimum atomic E-state index is -1.03. The molecule has 0 saturated carbocycles. The van der Waals surface area contributed by atoms with Crippen LogP contribution in [0.2, 0.25) is 0 Å². The lowest BCUT2D eigenvalue weighted by Gasteiger charge is -2.09. The zero-order valence-electron chi connectivity index (χ0n) is 15.9. The number of rotatable bonds is 9. The molecule has 2 amide bonds. The molecule has 0 aliphatic rings. The van der Waals surface area contributed by atoms with Crippen LogP contribution in [0.3, 0.4) is 0 Å². The number of nitrogens with one attached hydrogen (secondary N) is 2. The van der Waals surface area contributed by atoms with Gasteiger partial charge in [-0.3, -0.25) is 14.4 Å². The maximum atomic E-state index is 12.4. The zero-order chi connectivity index (χ0) is 21.1. The average molecular weight is 394 g/mol. The molecule has 0 heterocycles. The van der Waals surface area contributed by atoms with Gasteiger partial charge < -0.3 is 20.5 Å². The molecule has 2 aromatic carbocycles. The summed E-state index contributed by atoms with van der Waals surface area (Å²) in [4.78, 5) is 35.3. The van der Waals surface area contributed by atoms with E-state index in [1.54, 1.807) is 37.5 Å². The van der Waals surface area contributed by atoms with Gasteiger partial charge in [0.05, 0.1) is 13.5 Å². The van der Waals surface area contributed by atoms with Crippen LogP contribution in [0.1, 0.15) is 17.5 Å². The third-order valence-electron chi connectivity index (χ3n) is 3.78. The summed E-state index contributed by atoms with van der Waals surface area (Å²) < 4.78 is 5.10. The van der Waals surface area contributed by atoms with Crippen molar-refractivity contribution in [3.05, 3.63) is 77.5 Å². The average Bonchev–Trinajstić information content (AvgIpc) is 2.72. The summed E-state index contributed by atoms with van der Waals surface area (Å²) in [7, 11) is 1.55. The Hall–Kier alpha value is -3.87. The Kier molecular flexibility index (Phi) is 8.19. The predicted octanol–water partition coefficient (Wildman–Crippen LogP) is 2.46. The number of hydrogen-bond acceptors (Lipinski definition) is 4. The van der Waals surface area contributed by atoms with Crippen LogP contribution in [0, 0.1) is 0 Å². The van der Waals surface area contributed by atoms with Crippen LogP contribution >= 0.6 is 0 Å². The highest BCUT2D eigenvalue weighted by Gasteiger charge is 2.12. The van der Waals surface area contributed by atoms with Gasteiger partial charge in [-0.05, 0) is 35.4 Å². The first kappa shape index (κ1) is 21.4. The summed E-state index contributed by atoms with van der Waals surface area (Å²) in [5.41, 5.74) is 1.51. The highest BCUT2D eigenvalue weighted by Crippen LogP contribution is 2.13. The number of carboxylic acids is 1. The topological polar surface area (TPSA) is 105 Å². The molecule has 150 valence electrons. The molecule has 0 unspecified atom stereocenters. The van der Waals surface area contributed by atoms with Gasteiger partial charge in [0.2, 0.25) is 5.91 Å². The first-order valence-electron chi connectivity index (χ1n) is 8.88. The normalized spacial score (nSPS) is 11.1. The molecule has 0 aliphatic heterocycles. The molecule has 0 saturated heterocycles. The summed E-state index contributed by atoms with van der Waals surface area (Å²) >= 11 is 0. The molecule has 0 aromatic heterocycles. The molecule has 7 heteroatoms. The summed E-state index contributed by atoms with van der Waals surface area (Å²) in [6.45, 7) is -0.0517. The SMILES string of the molecule is COc1ccc(/C=C(\NC(=O)/C=C/c2ccccc2)C(=O)NCCC(=O)O)cc1. The van der Waals surface area contributed by atoms with E-state index in [1.165, 1.54) is 12.2 Å². The van der Waals surface area contributed by atoms with E-state index in [2.05, 4.69) is 10.6 Å². The van der Waals surface area contributed by atoms with Gasteiger partial charge in [-0.2, -0.15) is 0 Å². The van der Waals surface area contributed by atoms with Crippen molar-refractivity contribution in [1.29, 1.82) is 0 Å². The lowest BCUT2D eigenvalue weighted by Crippen LogP contribution is -2.35. The lowest BCUT2D eigenvalue weighted by molar-refractivity contribution is -0.137. The van der Waals surface area contributed by atoms with E-state index in [0.717, 1.165) is 5.56 Å². The van der Waals surface area contributed by atoms with Crippen molar-refractivity contribution in [3.63, 3.8) is 0 Å². The molecule has 0 radical (unpaired) electrons. The maximum Gasteiger partial charge on any atom is 0.305 e. The molecule has 0 aliphatic carbocycles. The maximum absolute atomic E-state index is 12.4. The van der Waals surface area contributed by atoms with Gasteiger partial charge >= 0.3 is 5.97 Å². The number of carbonyl (C=O) groups excluding carboxylic acids is 2. The van der Waals surface area contributed by atoms with Gasteiger partial charge in [0, 0.05) is 12.6 Å². The lowest BCUT2D eigenvalue weighted by atomic mass is 10.1. The molecule has 7 nitrogen and oxygen atoms in total. The van der Waals surface area contributed by atoms with Crippen LogP contribution in [-0.2, 0) is 14.4 Å². The van der Waals surface area contributed by atoms with Crippen molar-refractivity contribution >= 4 is 29.9 Å². The van der Waals surface area contributed by atoms with E-state index in [0.29, 0.717) is 11.3 Å². The van der Waals surface area contributed by atoms with Gasteiger partial charge in [0.25, 0.3) is 5.91 Å². The molecule has 0 fully saturated rings. The van der Waals surface area contributed by atoms with Crippen molar-refractivity contribution < 1.29 is 24.2 Å². The van der Waals surface area contributed by atoms with Crippen molar-refractivity contribution in [2.45, 2.75) is 6.42 Å². The van der Waals surface area contributed by atoms with Crippen molar-refractivity contribution in [2.24, 2.45) is 0 Å². The van der Waals surface area contributed by atoms with Gasteiger partial charge in [0.1, 0.15) is 11.4 Å². The Morgan fingerprint density at radius 3 is 2.31 bits per heavy atom. The number of methoxy groups -OCH3 is 1. The number of carboxylic acid groups (broad SMARTS) is 1. The van der Waals surface area contributed by atoms with E-state index in [1.807, 2.05) is 30.3 Å². The van der Waals surface area contributed by atoms with Crippen molar-refractivity contribution in [3.8, 4) is 5.75 Å². The van der Waals surface area contributed by atoms with Gasteiger partial charge in [-0.15, -0.1) is 0 Å². The number of carbonyl (C=O) groups is 3. The van der Waals surface area contributed by atoms with Gasteiger partial charge in [-0.1, -0.05) is 42.5 Å². The summed E-state index contributed by atoms with van der Waals surface area (Å²) in [6, 6.07) is 16.2. The van der Waals surface area contributed by atoms with Gasteiger partial charge in [0.15, 0.2) is 0 Å². The van der Waals surface area contributed by atoms with Crippen LogP contribution in [0.5, 0.6) is 5.75 Å². The molecule has 0 bridgehead atoms. The molecule has 0 atom stereocenters. The minimum absolute atomic E-state index is 0.00303. The Bertz CT molecular complexity index is 903. The van der Waals surface area contributed by atoms with Crippen LogP contribution in [0.15, 0.2) is 66.4 Å². The van der Waals surface area contributed by atoms with Crippen LogP contribution in [-0.4, -0.2) is 36.5 Å². The van der Waals surface area contributed by atoms with E-state index in [9.17, 15) is 14.4 Å². The van der Waals surface area contributed by atoms with Crippen LogP contribution in [0.25, 0.3) is 12.2 Å². The standard InChI is InChI=1S/C22H22N2O5/c1-29-18-10-7-17(8-11-18)15-19(22(28)23-14-13-21(26)27)24-20(25)12-9-16-5-3-2-4-6-16/h2-12,15H,13-14H2,1H3,(H,23,28)(H,24,25)(H,26,27)/b12-9+,19-15-. The molecule has 3 N–H and O–H groups in total. The number of benzene rings is 2. The number of aliphatic carboxylic acids is 1. The minimum Gasteiger partial charge on any atom is -0.497 e. The van der Waals surface area contributed by atoms with Crippen molar-refractivity contribution in [1.82, 2.24) is 10.6 Å². The number of ether oxygens (including phenoxy) is 1. The number of amides is 2. The zero-order valence-corrected chi connectivity index (χ0v) is 15.9. The fourth-order valence-corrected chi connectivity index (χ4v) is 2.31. The molecule has 2 rings (SSSR count). The van der Waals surface area contributed by atoms with E-state index < -0.39 is 17.8 Å². The largest absolute Gasteiger partial charge is 0.497 e. The van der Waals surface area contributed by atoms with E-state index in [-0.39, 0.29) is 18.7 Å². The molecule has 0 spiro atoms. The molecule has 29 heavy (non-hydrogen) atoms. The Morgan fingerprint density at radius 1 is 1.00 bits per heavy atom. The van der Waals surface area contributed by atoms with Crippen LogP contribution in [0.4, 0.5) is 0 Å². The molecule has 2 aromatic rings. The Labute approximate surface area is 168 Å². The summed E-state index contributed by atoms with van der Waals surface area (Å²) in [5, 5.41) is 13.7. The first-order chi connectivity index (χ1) is 14.0. The Balaban J connectivity index is 2.15. The molecular formula is C22H22N2O5. The number of hydrogen-bond donors (Lipinski definition) is 3. The first-order valence-corrected chi connectivity index (χ1v) is 8.88. The summed E-state index contributed by atoms with van der Waals surface area (Å²) in [6.07, 6.45) is 4.23. The Morgan fingerprint density at radius 2 is 1.69 bits per heavy atom. The molecular weight excluding hydrogens is 372 g/mol.